The minimum Gasteiger partial charge on any atom is -0.367 e. The van der Waals surface area contributed by atoms with Gasteiger partial charge in [0.15, 0.2) is 11.5 Å². The van der Waals surface area contributed by atoms with E-state index < -0.39 is 0 Å². The highest BCUT2D eigenvalue weighted by Crippen LogP contribution is 2.25. The normalized spacial score (nSPS) is 11.0. The Morgan fingerprint density at radius 1 is 1.09 bits per heavy atom. The zero-order chi connectivity index (χ0) is 15.5. The molecule has 0 saturated carbocycles. The maximum Gasteiger partial charge on any atom is 0.180 e. The lowest BCUT2D eigenvalue weighted by Crippen LogP contribution is -2.08. The van der Waals surface area contributed by atoms with Crippen molar-refractivity contribution in [2.45, 2.75) is 6.42 Å². The first-order chi connectivity index (χ1) is 11.4. The summed E-state index contributed by atoms with van der Waals surface area (Å²) >= 11 is 1.68. The number of hydrogen-bond acceptors (Lipinski definition) is 5. The molecule has 0 unspecified atom stereocenters. The van der Waals surface area contributed by atoms with E-state index in [1.165, 1.54) is 11.1 Å². The van der Waals surface area contributed by atoms with Gasteiger partial charge in [0.25, 0.3) is 0 Å². The third kappa shape index (κ3) is 2.80. The predicted octanol–water partition coefficient (Wildman–Crippen LogP) is 3.51. The molecule has 4 rings (SSSR count). The van der Waals surface area contributed by atoms with Crippen LogP contribution in [0, 0.1) is 0 Å². The van der Waals surface area contributed by atoms with Gasteiger partial charge in [0.05, 0.1) is 11.9 Å². The van der Waals surface area contributed by atoms with Gasteiger partial charge >= 0.3 is 0 Å². The Kier molecular flexibility index (Phi) is 3.73. The van der Waals surface area contributed by atoms with Crippen LogP contribution in [0.5, 0.6) is 0 Å². The molecular weight excluding hydrogens is 306 g/mol. The van der Waals surface area contributed by atoms with Crippen LogP contribution in [-0.2, 0) is 6.42 Å². The van der Waals surface area contributed by atoms with Gasteiger partial charge in [-0.15, -0.1) is 0 Å². The molecule has 0 radical (unpaired) electrons. The Morgan fingerprint density at radius 2 is 2.00 bits per heavy atom. The molecule has 0 atom stereocenters. The summed E-state index contributed by atoms with van der Waals surface area (Å²) in [4.78, 5) is 13.0. The van der Waals surface area contributed by atoms with Gasteiger partial charge in [-0.1, -0.05) is 0 Å². The van der Waals surface area contributed by atoms with E-state index in [0.29, 0.717) is 0 Å². The summed E-state index contributed by atoms with van der Waals surface area (Å²) in [5.41, 5.74) is 4.36. The van der Waals surface area contributed by atoms with Crippen LogP contribution < -0.4 is 5.32 Å². The van der Waals surface area contributed by atoms with Crippen molar-refractivity contribution in [1.29, 1.82) is 0 Å². The summed E-state index contributed by atoms with van der Waals surface area (Å²) in [7, 11) is 0. The lowest BCUT2D eigenvalue weighted by molar-refractivity contribution is 0.993. The van der Waals surface area contributed by atoms with Crippen LogP contribution in [0.3, 0.4) is 0 Å². The highest BCUT2D eigenvalue weighted by atomic mass is 32.1. The molecule has 5 nitrogen and oxygen atoms in total. The predicted molar refractivity (Wildman–Crippen MR) is 92.7 cm³/mol. The van der Waals surface area contributed by atoms with Crippen molar-refractivity contribution in [2.24, 2.45) is 0 Å². The standard InChI is InChI=1S/C17H15N5S/c1-5-18-6-2-13(1)3-7-19-16-17-21-11-15(14-4-10-23-12-14)22(17)9-8-20-16/h1-2,4-6,8-12H,3,7H2,(H,19,20). The van der Waals surface area contributed by atoms with Gasteiger partial charge in [-0.3, -0.25) is 9.38 Å². The lowest BCUT2D eigenvalue weighted by Gasteiger charge is -2.07. The fraction of sp³-hybridized carbons (Fsp3) is 0.118. The molecule has 23 heavy (non-hydrogen) atoms. The molecule has 0 fully saturated rings. The number of rotatable bonds is 5. The third-order valence-electron chi connectivity index (χ3n) is 3.70. The minimum atomic E-state index is 0.803. The Balaban J connectivity index is 1.56. The molecule has 4 heterocycles. The molecule has 114 valence electrons. The zero-order valence-electron chi connectivity index (χ0n) is 12.4. The average molecular weight is 321 g/mol. The molecule has 4 aromatic heterocycles. The molecule has 0 amide bonds. The number of nitrogens with zero attached hydrogens (tertiary/aromatic N) is 4. The van der Waals surface area contributed by atoms with Gasteiger partial charge < -0.3 is 5.32 Å². The van der Waals surface area contributed by atoms with Crippen molar-refractivity contribution >= 4 is 22.8 Å². The first-order valence-corrected chi connectivity index (χ1v) is 8.33. The summed E-state index contributed by atoms with van der Waals surface area (Å²) in [6, 6.07) is 6.16. The second-order valence-corrected chi connectivity index (χ2v) is 5.94. The van der Waals surface area contributed by atoms with E-state index in [1.54, 1.807) is 17.5 Å². The highest BCUT2D eigenvalue weighted by molar-refractivity contribution is 7.08. The van der Waals surface area contributed by atoms with E-state index in [-0.39, 0.29) is 0 Å². The third-order valence-corrected chi connectivity index (χ3v) is 4.38. The van der Waals surface area contributed by atoms with Gasteiger partial charge in [0.1, 0.15) is 0 Å². The van der Waals surface area contributed by atoms with Crippen LogP contribution in [0.1, 0.15) is 5.56 Å². The van der Waals surface area contributed by atoms with Gasteiger partial charge in [-0.25, -0.2) is 9.97 Å². The summed E-state index contributed by atoms with van der Waals surface area (Å²) in [6.07, 6.45) is 10.2. The fourth-order valence-corrected chi connectivity index (χ4v) is 3.19. The summed E-state index contributed by atoms with van der Waals surface area (Å²) < 4.78 is 2.07. The van der Waals surface area contributed by atoms with Crippen molar-refractivity contribution < 1.29 is 0 Å². The van der Waals surface area contributed by atoms with Crippen LogP contribution in [-0.4, -0.2) is 25.9 Å². The topological polar surface area (TPSA) is 55.1 Å². The van der Waals surface area contributed by atoms with Crippen LogP contribution >= 0.6 is 11.3 Å². The first kappa shape index (κ1) is 13.9. The quantitative estimate of drug-likeness (QED) is 0.611. The largest absolute Gasteiger partial charge is 0.367 e. The van der Waals surface area contributed by atoms with Crippen molar-refractivity contribution in [3.05, 3.63) is 65.5 Å². The summed E-state index contributed by atoms with van der Waals surface area (Å²) in [5, 5.41) is 7.58. The van der Waals surface area contributed by atoms with Crippen molar-refractivity contribution in [1.82, 2.24) is 19.4 Å². The summed E-state index contributed by atoms with van der Waals surface area (Å²) in [5.74, 6) is 0.808. The lowest BCUT2D eigenvalue weighted by atomic mass is 10.2. The van der Waals surface area contributed by atoms with E-state index in [0.717, 1.165) is 30.1 Å². The van der Waals surface area contributed by atoms with Crippen molar-refractivity contribution in [3.63, 3.8) is 0 Å². The Hall–Kier alpha value is -2.73. The number of thiophene rings is 1. The number of aromatic nitrogens is 4. The monoisotopic (exact) mass is 321 g/mol. The number of hydrogen-bond donors (Lipinski definition) is 1. The van der Waals surface area contributed by atoms with Gasteiger partial charge in [-0.2, -0.15) is 11.3 Å². The van der Waals surface area contributed by atoms with Crippen LogP contribution in [0.15, 0.2) is 59.9 Å². The number of nitrogens with one attached hydrogen (secondary N) is 1. The van der Waals surface area contributed by atoms with E-state index in [4.69, 9.17) is 0 Å². The second kappa shape index (κ2) is 6.18. The molecule has 0 aromatic carbocycles. The molecule has 4 aromatic rings. The highest BCUT2D eigenvalue weighted by Gasteiger charge is 2.10. The van der Waals surface area contributed by atoms with Crippen LogP contribution in [0.4, 0.5) is 5.82 Å². The fourth-order valence-electron chi connectivity index (χ4n) is 2.54. The van der Waals surface area contributed by atoms with Gasteiger partial charge in [-0.05, 0) is 35.6 Å². The van der Waals surface area contributed by atoms with Gasteiger partial charge in [0, 0.05) is 42.3 Å². The average Bonchev–Trinajstić information content (AvgIpc) is 3.25. The molecular formula is C17H15N5S. The molecule has 0 saturated heterocycles. The van der Waals surface area contributed by atoms with Crippen molar-refractivity contribution in [3.8, 4) is 11.3 Å². The maximum atomic E-state index is 4.53. The van der Waals surface area contributed by atoms with E-state index in [2.05, 4.69) is 41.5 Å². The summed E-state index contributed by atoms with van der Waals surface area (Å²) in [6.45, 7) is 0.803. The number of imidazole rings is 1. The Labute approximate surface area is 137 Å². The minimum absolute atomic E-state index is 0.803. The van der Waals surface area contributed by atoms with Crippen LogP contribution in [0.25, 0.3) is 16.9 Å². The number of fused-ring (bicyclic) bond motifs is 1. The molecule has 0 aliphatic carbocycles. The number of anilines is 1. The van der Waals surface area contributed by atoms with Crippen molar-refractivity contribution in [2.75, 3.05) is 11.9 Å². The maximum absolute atomic E-state index is 4.53. The van der Waals surface area contributed by atoms with E-state index >= 15 is 0 Å². The molecule has 6 heteroatoms. The molecule has 0 spiro atoms. The van der Waals surface area contributed by atoms with E-state index in [9.17, 15) is 0 Å². The Morgan fingerprint density at radius 3 is 2.83 bits per heavy atom. The number of pyridine rings is 1. The molecule has 0 aliphatic heterocycles. The first-order valence-electron chi connectivity index (χ1n) is 7.39. The molecule has 0 aliphatic rings. The van der Waals surface area contributed by atoms with E-state index in [1.807, 2.05) is 36.9 Å². The second-order valence-electron chi connectivity index (χ2n) is 5.16. The SMILES string of the molecule is c1cc(CCNc2nccn3c(-c4ccsc4)cnc23)ccn1. The zero-order valence-corrected chi connectivity index (χ0v) is 13.2. The Bertz CT molecular complexity index is 899. The molecule has 1 N–H and O–H groups in total. The van der Waals surface area contributed by atoms with Crippen LogP contribution in [0.2, 0.25) is 0 Å². The molecule has 0 bridgehead atoms. The van der Waals surface area contributed by atoms with Gasteiger partial charge in [0.2, 0.25) is 0 Å². The smallest absolute Gasteiger partial charge is 0.180 e.